The predicted octanol–water partition coefficient (Wildman–Crippen LogP) is 0.724. The number of benzene rings is 1. The number of hydrogen-bond donors (Lipinski definition) is 1. The number of hydrogen-bond acceptors (Lipinski definition) is 9. The summed E-state index contributed by atoms with van der Waals surface area (Å²) >= 11 is 0. The molecule has 0 unspecified atom stereocenters. The molecule has 2 N–H and O–H groups in total. The van der Waals surface area contributed by atoms with Crippen LogP contribution in [0, 0.1) is 0 Å². The summed E-state index contributed by atoms with van der Waals surface area (Å²) in [5, 5.41) is 0. The van der Waals surface area contributed by atoms with Crippen LogP contribution in [0.5, 0.6) is 11.5 Å². The van der Waals surface area contributed by atoms with E-state index < -0.39 is 0 Å². The summed E-state index contributed by atoms with van der Waals surface area (Å²) in [6.45, 7) is 10.8. The van der Waals surface area contributed by atoms with Crippen LogP contribution in [0.2, 0.25) is 0 Å². The molecule has 9 heteroatoms. The topological polar surface area (TPSA) is 87.9 Å². The van der Waals surface area contributed by atoms with Gasteiger partial charge in [0.1, 0.15) is 13.2 Å². The molecule has 0 saturated carbocycles. The van der Waals surface area contributed by atoms with E-state index in [4.69, 9.17) is 34.2 Å². The van der Waals surface area contributed by atoms with Crippen LogP contribution in [-0.2, 0) is 18.9 Å². The number of ether oxygens (including phenoxy) is 6. The van der Waals surface area contributed by atoms with Crippen LogP contribution < -0.4 is 15.2 Å². The van der Waals surface area contributed by atoms with Gasteiger partial charge in [0.2, 0.25) is 0 Å². The van der Waals surface area contributed by atoms with E-state index in [9.17, 15) is 0 Å². The van der Waals surface area contributed by atoms with E-state index in [1.54, 1.807) is 0 Å². The van der Waals surface area contributed by atoms with Crippen LogP contribution in [0.1, 0.15) is 0 Å². The first-order valence-corrected chi connectivity index (χ1v) is 11.2. The van der Waals surface area contributed by atoms with Gasteiger partial charge in [0.05, 0.1) is 52.9 Å². The molecule has 2 bridgehead atoms. The zero-order valence-electron chi connectivity index (χ0n) is 18.5. The predicted molar refractivity (Wildman–Crippen MR) is 118 cm³/mol. The van der Waals surface area contributed by atoms with E-state index in [0.29, 0.717) is 83.3 Å². The Hall–Kier alpha value is -1.62. The van der Waals surface area contributed by atoms with Crippen molar-refractivity contribution in [3.63, 3.8) is 0 Å². The molecule has 0 aromatic heterocycles. The Balaban J connectivity index is 1.71. The molecule has 1 fully saturated rings. The zero-order chi connectivity index (χ0) is 21.6. The van der Waals surface area contributed by atoms with Crippen molar-refractivity contribution in [1.29, 1.82) is 0 Å². The molecule has 3 heterocycles. The molecule has 0 aliphatic carbocycles. The van der Waals surface area contributed by atoms with Crippen LogP contribution in [-0.4, -0.2) is 115 Å². The van der Waals surface area contributed by atoms with E-state index in [0.717, 1.165) is 39.3 Å². The van der Waals surface area contributed by atoms with Gasteiger partial charge in [0, 0.05) is 51.0 Å². The minimum atomic E-state index is 0.526. The van der Waals surface area contributed by atoms with Gasteiger partial charge < -0.3 is 34.2 Å². The van der Waals surface area contributed by atoms with E-state index in [-0.39, 0.29) is 0 Å². The van der Waals surface area contributed by atoms with E-state index in [1.165, 1.54) is 0 Å². The fourth-order valence-electron chi connectivity index (χ4n) is 3.42. The van der Waals surface area contributed by atoms with Crippen molar-refractivity contribution in [2.24, 2.45) is 0 Å². The minimum absolute atomic E-state index is 0.526. The number of fused-ring (bicyclic) bond motifs is 18. The Labute approximate surface area is 185 Å². The normalized spacial score (nSPS) is 26.1. The van der Waals surface area contributed by atoms with Crippen molar-refractivity contribution in [1.82, 2.24) is 9.80 Å². The molecule has 0 atom stereocenters. The lowest BCUT2D eigenvalue weighted by atomic mass is 10.3. The minimum Gasteiger partial charge on any atom is -0.488 e. The monoisotopic (exact) mass is 439 g/mol. The van der Waals surface area contributed by atoms with Crippen LogP contribution >= 0.6 is 0 Å². The second-order valence-electron chi connectivity index (χ2n) is 7.54. The maximum atomic E-state index is 6.05. The van der Waals surface area contributed by atoms with Gasteiger partial charge in [0.15, 0.2) is 11.5 Å². The molecule has 0 spiro atoms. The third kappa shape index (κ3) is 9.59. The molecule has 31 heavy (non-hydrogen) atoms. The highest BCUT2D eigenvalue weighted by molar-refractivity contribution is 5.52. The average Bonchev–Trinajstić information content (AvgIpc) is 2.76. The standard InChI is InChI=1S/C22H37N3O6/c23-20-1-2-21-22(19-20)31-14-8-25-5-11-28-17-15-26-9-3-24(7-13-30-21)4-10-27-16-18-29-12-6-25/h1-2,19H,3-18,23H2. The number of nitrogens with two attached hydrogens (primary N) is 1. The fraction of sp³-hybridized carbons (Fsp3) is 0.727. The second kappa shape index (κ2) is 14.4. The average molecular weight is 440 g/mol. The largest absolute Gasteiger partial charge is 0.488 e. The zero-order valence-corrected chi connectivity index (χ0v) is 18.5. The van der Waals surface area contributed by atoms with Gasteiger partial charge in [-0.05, 0) is 12.1 Å². The van der Waals surface area contributed by atoms with Crippen LogP contribution in [0.3, 0.4) is 0 Å². The quantitative estimate of drug-likeness (QED) is 0.588. The lowest BCUT2D eigenvalue weighted by Crippen LogP contribution is -2.36. The molecule has 1 saturated heterocycles. The smallest absolute Gasteiger partial charge is 0.163 e. The number of nitrogen functional groups attached to an aromatic ring is 1. The second-order valence-corrected chi connectivity index (χ2v) is 7.54. The van der Waals surface area contributed by atoms with E-state index in [2.05, 4.69) is 9.80 Å². The Bertz CT molecular complexity index is 601. The molecule has 176 valence electrons. The summed E-state index contributed by atoms with van der Waals surface area (Å²) in [5.41, 5.74) is 6.63. The Morgan fingerprint density at radius 3 is 1.42 bits per heavy atom. The van der Waals surface area contributed by atoms with E-state index >= 15 is 0 Å². The molecular formula is C22H37N3O6. The molecular weight excluding hydrogens is 402 g/mol. The van der Waals surface area contributed by atoms with Gasteiger partial charge in [-0.15, -0.1) is 0 Å². The van der Waals surface area contributed by atoms with Crippen LogP contribution in [0.25, 0.3) is 0 Å². The molecule has 4 rings (SSSR count). The first-order chi connectivity index (χ1) is 15.3. The molecule has 0 radical (unpaired) electrons. The molecule has 0 amide bonds. The summed E-state index contributed by atoms with van der Waals surface area (Å²) in [7, 11) is 0. The van der Waals surface area contributed by atoms with Crippen molar-refractivity contribution in [3.05, 3.63) is 18.2 Å². The number of rotatable bonds is 0. The van der Waals surface area contributed by atoms with Gasteiger partial charge in [0.25, 0.3) is 0 Å². The summed E-state index contributed by atoms with van der Waals surface area (Å²) in [5.74, 6) is 1.38. The summed E-state index contributed by atoms with van der Waals surface area (Å²) in [6.07, 6.45) is 0. The lowest BCUT2D eigenvalue weighted by molar-refractivity contribution is 0.00506. The molecule has 3 aliphatic rings. The molecule has 9 nitrogen and oxygen atoms in total. The summed E-state index contributed by atoms with van der Waals surface area (Å²) < 4.78 is 35.1. The third-order valence-corrected chi connectivity index (χ3v) is 5.25. The first kappa shape index (κ1) is 24.0. The SMILES string of the molecule is Nc1ccc2c(c1)OCCN1CCOCCOCCN(CCOCCOCC1)CCO2. The van der Waals surface area contributed by atoms with Crippen molar-refractivity contribution < 1.29 is 28.4 Å². The number of nitrogens with zero attached hydrogens (tertiary/aromatic N) is 2. The maximum absolute atomic E-state index is 6.05. The van der Waals surface area contributed by atoms with Crippen molar-refractivity contribution >= 4 is 5.69 Å². The highest BCUT2D eigenvalue weighted by atomic mass is 16.5. The molecule has 1 aromatic carbocycles. The fourth-order valence-corrected chi connectivity index (χ4v) is 3.42. The van der Waals surface area contributed by atoms with Crippen molar-refractivity contribution in [2.45, 2.75) is 0 Å². The number of anilines is 1. The Kier molecular flexibility index (Phi) is 11.2. The van der Waals surface area contributed by atoms with Gasteiger partial charge >= 0.3 is 0 Å². The van der Waals surface area contributed by atoms with Crippen molar-refractivity contribution in [2.75, 3.05) is 111 Å². The summed E-state index contributed by atoms with van der Waals surface area (Å²) in [6, 6.07) is 5.53. The first-order valence-electron chi connectivity index (χ1n) is 11.2. The Morgan fingerprint density at radius 2 is 0.935 bits per heavy atom. The highest BCUT2D eigenvalue weighted by Gasteiger charge is 2.12. The van der Waals surface area contributed by atoms with Gasteiger partial charge in [-0.3, -0.25) is 9.80 Å². The van der Waals surface area contributed by atoms with Gasteiger partial charge in [-0.25, -0.2) is 0 Å². The third-order valence-electron chi connectivity index (χ3n) is 5.25. The van der Waals surface area contributed by atoms with Crippen LogP contribution in [0.15, 0.2) is 18.2 Å². The summed E-state index contributed by atoms with van der Waals surface area (Å²) in [4.78, 5) is 4.56. The highest BCUT2D eigenvalue weighted by Crippen LogP contribution is 2.29. The van der Waals surface area contributed by atoms with E-state index in [1.807, 2.05) is 18.2 Å². The van der Waals surface area contributed by atoms with Crippen molar-refractivity contribution in [3.8, 4) is 11.5 Å². The van der Waals surface area contributed by atoms with Gasteiger partial charge in [-0.1, -0.05) is 0 Å². The maximum Gasteiger partial charge on any atom is 0.163 e. The van der Waals surface area contributed by atoms with Gasteiger partial charge in [-0.2, -0.15) is 0 Å². The molecule has 1 aromatic rings. The van der Waals surface area contributed by atoms with Crippen LogP contribution in [0.4, 0.5) is 5.69 Å². The molecule has 3 aliphatic heterocycles. The lowest BCUT2D eigenvalue weighted by Gasteiger charge is -2.25. The Morgan fingerprint density at radius 1 is 0.516 bits per heavy atom.